The second-order valence-corrected chi connectivity index (χ2v) is 11.1. The molecule has 0 saturated carbocycles. The van der Waals surface area contributed by atoms with E-state index in [4.69, 9.17) is 16.3 Å². The summed E-state index contributed by atoms with van der Waals surface area (Å²) < 4.78 is 5.89. The maximum Gasteiger partial charge on any atom is 0.240 e. The lowest BCUT2D eigenvalue weighted by Gasteiger charge is -2.33. The van der Waals surface area contributed by atoms with Gasteiger partial charge in [0.05, 0.1) is 35.1 Å². The van der Waals surface area contributed by atoms with Crippen LogP contribution in [0.5, 0.6) is 5.75 Å². The molecule has 0 spiro atoms. The summed E-state index contributed by atoms with van der Waals surface area (Å²) in [6, 6.07) is 18.6. The molecular weight excluding hydrogens is 596 g/mol. The Hall–Kier alpha value is -4.01. The van der Waals surface area contributed by atoms with Crippen molar-refractivity contribution in [2.45, 2.75) is 12.1 Å². The molecule has 6 rings (SSSR count). The van der Waals surface area contributed by atoms with Crippen LogP contribution in [-0.4, -0.2) is 47.5 Å². The van der Waals surface area contributed by atoms with Crippen LogP contribution in [0.2, 0.25) is 5.02 Å². The SMILES string of the molecule is COc1ccc(C(=O)[C@@H]2[C@@H]3C(=O)N(c4ccc(Cl)cc4)C(=O)[C@@H]3[C@H]3C=C(C(=O)c4ccccc4)C=CN32)cc1Br. The number of imide groups is 1. The number of carbonyl (C=O) groups is 4. The molecule has 9 heteroatoms. The summed E-state index contributed by atoms with van der Waals surface area (Å²) >= 11 is 9.47. The van der Waals surface area contributed by atoms with E-state index in [2.05, 4.69) is 15.9 Å². The number of hydrogen-bond donors (Lipinski definition) is 0. The Bertz CT molecular complexity index is 1620. The molecule has 3 heterocycles. The van der Waals surface area contributed by atoms with Crippen LogP contribution in [0, 0.1) is 11.8 Å². The fourth-order valence-corrected chi connectivity index (χ4v) is 6.46. The number of allylic oxidation sites excluding steroid dienone is 2. The highest BCUT2D eigenvalue weighted by molar-refractivity contribution is 9.10. The predicted octanol–water partition coefficient (Wildman–Crippen LogP) is 5.49. The smallest absolute Gasteiger partial charge is 0.240 e. The number of Topliss-reactive ketones (excluding diaryl/α,β-unsaturated/α-hetero) is 2. The average Bonchev–Trinajstić information content (AvgIpc) is 3.44. The van der Waals surface area contributed by atoms with Gasteiger partial charge in [-0.25, -0.2) is 4.90 Å². The maximum atomic E-state index is 14.0. The fourth-order valence-electron chi connectivity index (χ4n) is 5.79. The number of anilines is 1. The quantitative estimate of drug-likeness (QED) is 0.269. The zero-order chi connectivity index (χ0) is 28.1. The van der Waals surface area contributed by atoms with Crippen molar-refractivity contribution < 1.29 is 23.9 Å². The molecule has 0 aliphatic carbocycles. The van der Waals surface area contributed by atoms with Crippen molar-refractivity contribution in [2.75, 3.05) is 12.0 Å². The van der Waals surface area contributed by atoms with E-state index in [1.54, 1.807) is 90.0 Å². The molecule has 3 aliphatic rings. The van der Waals surface area contributed by atoms with Crippen LogP contribution >= 0.6 is 27.5 Å². The summed E-state index contributed by atoms with van der Waals surface area (Å²) in [4.78, 5) is 58.0. The Morgan fingerprint density at radius 2 is 1.60 bits per heavy atom. The highest BCUT2D eigenvalue weighted by Crippen LogP contribution is 2.47. The Labute approximate surface area is 243 Å². The number of ether oxygens (including phenoxy) is 1. The third-order valence-electron chi connectivity index (χ3n) is 7.64. The summed E-state index contributed by atoms with van der Waals surface area (Å²) in [5.74, 6) is -2.64. The summed E-state index contributed by atoms with van der Waals surface area (Å²) in [5.41, 5.74) is 1.66. The minimum absolute atomic E-state index is 0.201. The molecule has 0 unspecified atom stereocenters. The summed E-state index contributed by atoms with van der Waals surface area (Å²) in [6.45, 7) is 0. The van der Waals surface area contributed by atoms with Crippen molar-refractivity contribution in [1.82, 2.24) is 4.90 Å². The maximum absolute atomic E-state index is 14.0. The molecule has 7 nitrogen and oxygen atoms in total. The van der Waals surface area contributed by atoms with E-state index in [0.717, 1.165) is 4.90 Å². The van der Waals surface area contributed by atoms with Crippen LogP contribution in [0.4, 0.5) is 5.69 Å². The van der Waals surface area contributed by atoms with Crippen molar-refractivity contribution in [3.63, 3.8) is 0 Å². The number of amides is 2. The summed E-state index contributed by atoms with van der Waals surface area (Å²) in [5, 5.41) is 0.469. The van der Waals surface area contributed by atoms with Crippen molar-refractivity contribution >= 4 is 56.6 Å². The van der Waals surface area contributed by atoms with Gasteiger partial charge in [-0.2, -0.15) is 0 Å². The van der Waals surface area contributed by atoms with Gasteiger partial charge in [0.15, 0.2) is 11.6 Å². The minimum Gasteiger partial charge on any atom is -0.496 e. The van der Waals surface area contributed by atoms with Crippen LogP contribution in [0.25, 0.3) is 0 Å². The number of rotatable bonds is 6. The first-order valence-electron chi connectivity index (χ1n) is 12.6. The third-order valence-corrected chi connectivity index (χ3v) is 8.51. The first-order valence-corrected chi connectivity index (χ1v) is 13.8. The lowest BCUT2D eigenvalue weighted by atomic mass is 9.85. The van der Waals surface area contributed by atoms with E-state index in [1.165, 1.54) is 7.11 Å². The minimum atomic E-state index is -0.954. The fraction of sp³-hybridized carbons (Fsp3) is 0.161. The highest BCUT2D eigenvalue weighted by Gasteiger charge is 2.63. The van der Waals surface area contributed by atoms with Gasteiger partial charge in [-0.15, -0.1) is 0 Å². The topological polar surface area (TPSA) is 84.0 Å². The monoisotopic (exact) mass is 616 g/mol. The number of methoxy groups -OCH3 is 1. The van der Waals surface area contributed by atoms with Gasteiger partial charge in [0.1, 0.15) is 11.8 Å². The van der Waals surface area contributed by atoms with Crippen LogP contribution in [0.1, 0.15) is 20.7 Å². The highest BCUT2D eigenvalue weighted by atomic mass is 79.9. The Balaban J connectivity index is 1.43. The number of fused-ring (bicyclic) bond motifs is 3. The van der Waals surface area contributed by atoms with Gasteiger partial charge in [-0.05, 0) is 64.5 Å². The van der Waals surface area contributed by atoms with E-state index < -0.39 is 35.7 Å². The van der Waals surface area contributed by atoms with E-state index in [1.807, 2.05) is 6.07 Å². The summed E-state index contributed by atoms with van der Waals surface area (Å²) in [7, 11) is 1.53. The molecular formula is C31H22BrClN2O5. The number of ketones is 2. The molecule has 3 aliphatic heterocycles. The Morgan fingerprint density at radius 3 is 2.27 bits per heavy atom. The van der Waals surface area contributed by atoms with Gasteiger partial charge >= 0.3 is 0 Å². The van der Waals surface area contributed by atoms with Crippen molar-refractivity contribution in [3.8, 4) is 5.75 Å². The molecule has 3 aromatic carbocycles. The molecule has 0 N–H and O–H groups in total. The van der Waals surface area contributed by atoms with Crippen LogP contribution in [-0.2, 0) is 9.59 Å². The zero-order valence-corrected chi connectivity index (χ0v) is 23.5. The molecule has 0 radical (unpaired) electrons. The van der Waals surface area contributed by atoms with E-state index >= 15 is 0 Å². The van der Waals surface area contributed by atoms with Gasteiger partial charge in [-0.3, -0.25) is 19.2 Å². The number of hydrogen-bond acceptors (Lipinski definition) is 6. The summed E-state index contributed by atoms with van der Waals surface area (Å²) in [6.07, 6.45) is 5.01. The Morgan fingerprint density at radius 1 is 0.900 bits per heavy atom. The zero-order valence-electron chi connectivity index (χ0n) is 21.2. The number of carbonyl (C=O) groups excluding carboxylic acids is 4. The van der Waals surface area contributed by atoms with Gasteiger partial charge in [0.2, 0.25) is 11.8 Å². The standard InChI is InChI=1S/C31H22BrClN2O5/c1-40-24-12-7-18(15-22(24)32)29(37)27-26-25(30(38)35(31(26)39)21-10-8-20(33)9-11-21)23-16-19(13-14-34(23)27)28(36)17-5-3-2-4-6-17/h2-16,23,25-27H,1H3/t23-,25-,26-,27+/m1/s1. The van der Waals surface area contributed by atoms with Gasteiger partial charge in [-0.1, -0.05) is 48.0 Å². The van der Waals surface area contributed by atoms with Crippen LogP contribution in [0.15, 0.2) is 101 Å². The third kappa shape index (κ3) is 4.19. The van der Waals surface area contributed by atoms with Gasteiger partial charge < -0.3 is 9.64 Å². The molecule has 0 aromatic heterocycles. The first-order chi connectivity index (χ1) is 19.3. The lowest BCUT2D eigenvalue weighted by Crippen LogP contribution is -2.46. The van der Waals surface area contributed by atoms with Crippen molar-refractivity contribution in [3.05, 3.63) is 117 Å². The predicted molar refractivity (Wildman–Crippen MR) is 153 cm³/mol. The second-order valence-electron chi connectivity index (χ2n) is 9.77. The molecule has 2 amide bonds. The molecule has 2 saturated heterocycles. The van der Waals surface area contributed by atoms with Gasteiger partial charge in [0.25, 0.3) is 0 Å². The van der Waals surface area contributed by atoms with E-state index in [0.29, 0.717) is 37.6 Å². The van der Waals surface area contributed by atoms with E-state index in [-0.39, 0.29) is 11.6 Å². The van der Waals surface area contributed by atoms with Crippen molar-refractivity contribution in [1.29, 1.82) is 0 Å². The molecule has 3 aromatic rings. The molecule has 200 valence electrons. The van der Waals surface area contributed by atoms with E-state index in [9.17, 15) is 19.2 Å². The number of nitrogens with zero attached hydrogens (tertiary/aromatic N) is 2. The van der Waals surface area contributed by atoms with Crippen LogP contribution in [0.3, 0.4) is 0 Å². The number of benzene rings is 3. The normalized spacial score (nSPS) is 23.1. The van der Waals surface area contributed by atoms with Gasteiger partial charge in [0, 0.05) is 27.9 Å². The lowest BCUT2D eigenvalue weighted by molar-refractivity contribution is -0.123. The van der Waals surface area contributed by atoms with Crippen molar-refractivity contribution in [2.24, 2.45) is 11.8 Å². The molecule has 0 bridgehead atoms. The van der Waals surface area contributed by atoms with Crippen LogP contribution < -0.4 is 9.64 Å². The number of halogens is 2. The molecule has 4 atom stereocenters. The largest absolute Gasteiger partial charge is 0.496 e. The first kappa shape index (κ1) is 26.2. The molecule has 40 heavy (non-hydrogen) atoms. The molecule has 2 fully saturated rings. The second kappa shape index (κ2) is 10.2. The average molecular weight is 618 g/mol. The Kier molecular flexibility index (Phi) is 6.68.